The lowest BCUT2D eigenvalue weighted by molar-refractivity contribution is -0.276. The number of likely N-dealkylation sites (N-methyl/N-ethyl adjacent to an activating group) is 1. The maximum atomic E-state index is 12.5. The number of fused-ring (bicyclic) bond motifs is 1. The fourth-order valence-corrected chi connectivity index (χ4v) is 4.10. The summed E-state index contributed by atoms with van der Waals surface area (Å²) in [5.41, 5.74) is 3.91. The van der Waals surface area contributed by atoms with Gasteiger partial charge in [-0.05, 0) is 18.4 Å². The quantitative estimate of drug-likeness (QED) is 0.519. The summed E-state index contributed by atoms with van der Waals surface area (Å²) < 4.78 is 42.3. The van der Waals surface area contributed by atoms with Gasteiger partial charge in [-0.3, -0.25) is 9.48 Å². The van der Waals surface area contributed by atoms with Gasteiger partial charge in [-0.2, -0.15) is 5.10 Å². The van der Waals surface area contributed by atoms with Crippen molar-refractivity contribution >= 4 is 23.1 Å². The van der Waals surface area contributed by atoms with E-state index in [1.807, 2.05) is 45.0 Å². The third-order valence-corrected chi connectivity index (χ3v) is 5.65. The van der Waals surface area contributed by atoms with E-state index in [0.29, 0.717) is 35.9 Å². The Morgan fingerprint density at radius 3 is 2.66 bits per heavy atom. The molecule has 0 aromatic carbocycles. The fraction of sp³-hybridized carbons (Fsp3) is 0.391. The van der Waals surface area contributed by atoms with Crippen LogP contribution in [0.5, 0.6) is 5.88 Å². The Morgan fingerprint density at radius 1 is 1.23 bits per heavy atom. The highest BCUT2D eigenvalue weighted by atomic mass is 19.4. The topological polar surface area (TPSA) is 97.2 Å². The minimum absolute atomic E-state index is 0.0364. The maximum absolute atomic E-state index is 12.5. The number of alkyl halides is 3. The van der Waals surface area contributed by atoms with E-state index in [9.17, 15) is 18.0 Å². The molecule has 0 aliphatic carbocycles. The van der Waals surface area contributed by atoms with Gasteiger partial charge >= 0.3 is 6.36 Å². The van der Waals surface area contributed by atoms with Crippen LogP contribution in [0.25, 0.3) is 0 Å². The number of carbonyl (C=O) groups is 1. The average molecular weight is 490 g/mol. The van der Waals surface area contributed by atoms with E-state index in [-0.39, 0.29) is 17.9 Å². The Hall–Kier alpha value is -3.83. The van der Waals surface area contributed by atoms with Gasteiger partial charge in [0, 0.05) is 43.7 Å². The molecular formula is C23H26F3N7O2. The molecular weight excluding hydrogens is 463 g/mol. The molecule has 3 aromatic heterocycles. The summed E-state index contributed by atoms with van der Waals surface area (Å²) in [6, 6.07) is 4.33. The number of hydrogen-bond acceptors (Lipinski definition) is 7. The molecule has 0 saturated carbocycles. The summed E-state index contributed by atoms with van der Waals surface area (Å²) in [4.78, 5) is 22.7. The van der Waals surface area contributed by atoms with Gasteiger partial charge in [-0.1, -0.05) is 19.9 Å². The van der Waals surface area contributed by atoms with Crippen molar-refractivity contribution < 1.29 is 22.7 Å². The van der Waals surface area contributed by atoms with E-state index in [1.165, 1.54) is 18.3 Å². The van der Waals surface area contributed by atoms with E-state index < -0.39 is 12.2 Å². The molecule has 9 nitrogen and oxygen atoms in total. The van der Waals surface area contributed by atoms with Crippen LogP contribution in [0, 0.1) is 12.8 Å². The van der Waals surface area contributed by atoms with Crippen molar-refractivity contribution in [2.75, 3.05) is 22.6 Å². The van der Waals surface area contributed by atoms with E-state index >= 15 is 0 Å². The number of nitrogens with one attached hydrogen (secondary N) is 2. The summed E-state index contributed by atoms with van der Waals surface area (Å²) in [5, 5.41) is 10.6. The Balaban J connectivity index is 1.40. The highest BCUT2D eigenvalue weighted by Crippen LogP contribution is 2.36. The number of aromatic nitrogens is 4. The summed E-state index contributed by atoms with van der Waals surface area (Å²) >= 11 is 0. The van der Waals surface area contributed by atoms with Gasteiger partial charge in [0.05, 0.1) is 29.8 Å². The molecule has 4 rings (SSSR count). The van der Waals surface area contributed by atoms with Gasteiger partial charge in [-0.25, -0.2) is 9.97 Å². The van der Waals surface area contributed by atoms with Gasteiger partial charge in [0.2, 0.25) is 11.8 Å². The van der Waals surface area contributed by atoms with Crippen molar-refractivity contribution in [3.63, 3.8) is 0 Å². The SMILES string of the molecule is Cc1nc(NCc2cnn(Cc3ccc(OC(F)(F)F)nc3)c2)cc2c1NC(=O)C(C(C)C)N2C. The van der Waals surface area contributed by atoms with E-state index in [0.717, 1.165) is 11.3 Å². The number of amides is 1. The lowest BCUT2D eigenvalue weighted by Crippen LogP contribution is -2.49. The molecule has 1 unspecified atom stereocenters. The van der Waals surface area contributed by atoms with Crippen LogP contribution in [-0.2, 0) is 17.9 Å². The number of hydrogen-bond donors (Lipinski definition) is 2. The minimum atomic E-state index is -4.77. The van der Waals surface area contributed by atoms with Crippen molar-refractivity contribution in [1.29, 1.82) is 0 Å². The number of carbonyl (C=O) groups excluding carboxylic acids is 1. The predicted octanol–water partition coefficient (Wildman–Crippen LogP) is 3.95. The van der Waals surface area contributed by atoms with Crippen LogP contribution >= 0.6 is 0 Å². The van der Waals surface area contributed by atoms with Crippen LogP contribution < -0.4 is 20.3 Å². The highest BCUT2D eigenvalue weighted by Gasteiger charge is 2.34. The van der Waals surface area contributed by atoms with Crippen LogP contribution in [0.4, 0.5) is 30.4 Å². The zero-order valence-electron chi connectivity index (χ0n) is 19.7. The van der Waals surface area contributed by atoms with Gasteiger partial charge in [-0.15, -0.1) is 13.2 Å². The summed E-state index contributed by atoms with van der Waals surface area (Å²) in [6.07, 6.45) is 0.0804. The third kappa shape index (κ3) is 5.64. The van der Waals surface area contributed by atoms with E-state index in [1.54, 1.807) is 10.9 Å². The molecule has 1 aliphatic heterocycles. The Bertz CT molecular complexity index is 1210. The molecule has 3 aromatic rings. The molecule has 0 radical (unpaired) electrons. The van der Waals surface area contributed by atoms with Crippen molar-refractivity contribution in [2.45, 2.75) is 46.3 Å². The number of rotatable bonds is 7. The fourth-order valence-electron chi connectivity index (χ4n) is 4.10. The first-order valence-electron chi connectivity index (χ1n) is 11.0. The van der Waals surface area contributed by atoms with Crippen molar-refractivity contribution in [3.8, 4) is 5.88 Å². The second-order valence-electron chi connectivity index (χ2n) is 8.73. The lowest BCUT2D eigenvalue weighted by atomic mass is 9.98. The summed E-state index contributed by atoms with van der Waals surface area (Å²) in [6.45, 7) is 6.68. The zero-order chi connectivity index (χ0) is 25.3. The monoisotopic (exact) mass is 489 g/mol. The number of anilines is 3. The Kier molecular flexibility index (Phi) is 6.55. The first-order valence-corrected chi connectivity index (χ1v) is 11.0. The van der Waals surface area contributed by atoms with Crippen molar-refractivity contribution in [2.24, 2.45) is 5.92 Å². The zero-order valence-corrected chi connectivity index (χ0v) is 19.7. The van der Waals surface area contributed by atoms with E-state index in [2.05, 4.69) is 30.4 Å². The van der Waals surface area contributed by atoms with Crippen LogP contribution in [0.2, 0.25) is 0 Å². The largest absolute Gasteiger partial charge is 0.574 e. The van der Waals surface area contributed by atoms with Gasteiger partial charge < -0.3 is 20.3 Å². The third-order valence-electron chi connectivity index (χ3n) is 5.65. The molecule has 0 bridgehead atoms. The number of ether oxygens (including phenoxy) is 1. The molecule has 1 aliphatic rings. The summed E-state index contributed by atoms with van der Waals surface area (Å²) in [5.74, 6) is 0.270. The standard InChI is InChI=1S/C23H26F3N7O2/c1-13(2)21-22(34)31-20-14(3)30-18(7-17(20)32(21)4)27-9-16-10-29-33(12-16)11-15-5-6-19(28-8-15)35-23(24,25)26/h5-8,10,12-13,21H,9,11H2,1-4H3,(H,27,30)(H,31,34). The molecule has 4 heterocycles. The molecule has 0 fully saturated rings. The average Bonchev–Trinajstić information content (AvgIpc) is 3.20. The number of pyridine rings is 2. The molecule has 1 atom stereocenters. The predicted molar refractivity (Wildman–Crippen MR) is 124 cm³/mol. The van der Waals surface area contributed by atoms with Crippen molar-refractivity contribution in [3.05, 3.63) is 53.6 Å². The molecule has 0 saturated heterocycles. The van der Waals surface area contributed by atoms with Gasteiger partial charge in [0.25, 0.3) is 0 Å². The normalized spacial score (nSPS) is 15.7. The van der Waals surface area contributed by atoms with Crippen LogP contribution in [-0.4, -0.2) is 45.1 Å². The number of nitrogens with zero attached hydrogens (tertiary/aromatic N) is 5. The van der Waals surface area contributed by atoms with Crippen molar-refractivity contribution in [1.82, 2.24) is 19.7 Å². The smallest absolute Gasteiger partial charge is 0.388 e. The number of halogens is 3. The highest BCUT2D eigenvalue weighted by molar-refractivity contribution is 6.04. The molecule has 2 N–H and O–H groups in total. The lowest BCUT2D eigenvalue weighted by Gasteiger charge is -2.38. The van der Waals surface area contributed by atoms with Gasteiger partial charge in [0.15, 0.2) is 0 Å². The summed E-state index contributed by atoms with van der Waals surface area (Å²) in [7, 11) is 1.91. The number of aryl methyl sites for hydroxylation is 1. The first-order chi connectivity index (χ1) is 16.5. The van der Waals surface area contributed by atoms with Crippen LogP contribution in [0.15, 0.2) is 36.8 Å². The maximum Gasteiger partial charge on any atom is 0.574 e. The van der Waals surface area contributed by atoms with Gasteiger partial charge in [0.1, 0.15) is 11.9 Å². The molecule has 35 heavy (non-hydrogen) atoms. The molecule has 1 amide bonds. The first kappa shape index (κ1) is 24.3. The van der Waals surface area contributed by atoms with Crippen LogP contribution in [0.1, 0.15) is 30.7 Å². The van der Waals surface area contributed by atoms with Crippen LogP contribution in [0.3, 0.4) is 0 Å². The molecule has 0 spiro atoms. The minimum Gasteiger partial charge on any atom is -0.388 e. The molecule has 186 valence electrons. The Labute approximate surface area is 200 Å². The van der Waals surface area contributed by atoms with E-state index in [4.69, 9.17) is 0 Å². The second-order valence-corrected chi connectivity index (χ2v) is 8.73. The molecule has 12 heteroatoms. The Morgan fingerprint density at radius 2 is 2.00 bits per heavy atom. The second kappa shape index (κ2) is 9.43.